The topological polar surface area (TPSA) is 49.7 Å². The van der Waals surface area contributed by atoms with E-state index >= 15 is 0 Å². The number of aliphatic hydroxyl groups excluding tert-OH is 1. The van der Waals surface area contributed by atoms with Crippen molar-refractivity contribution in [2.24, 2.45) is 5.92 Å². The van der Waals surface area contributed by atoms with Crippen molar-refractivity contribution >= 4 is 0 Å². The van der Waals surface area contributed by atoms with Crippen molar-refractivity contribution in [3.05, 3.63) is 29.8 Å². The molecule has 2 rings (SSSR count). The van der Waals surface area contributed by atoms with E-state index in [1.54, 1.807) is 24.3 Å². The van der Waals surface area contributed by atoms with Crippen LogP contribution in [-0.2, 0) is 4.74 Å². The van der Waals surface area contributed by atoms with Gasteiger partial charge in [-0.05, 0) is 36.5 Å². The minimum Gasteiger partial charge on any atom is -0.508 e. The van der Waals surface area contributed by atoms with Crippen LogP contribution in [0, 0.1) is 5.92 Å². The lowest BCUT2D eigenvalue weighted by Crippen LogP contribution is -2.21. The highest BCUT2D eigenvalue weighted by atomic mass is 16.5. The molecule has 1 aromatic carbocycles. The molecule has 15 heavy (non-hydrogen) atoms. The first kappa shape index (κ1) is 10.5. The van der Waals surface area contributed by atoms with Crippen molar-refractivity contribution in [3.8, 4) is 5.75 Å². The smallest absolute Gasteiger partial charge is 0.115 e. The van der Waals surface area contributed by atoms with Crippen LogP contribution in [0.3, 0.4) is 0 Å². The zero-order valence-electron chi connectivity index (χ0n) is 8.60. The van der Waals surface area contributed by atoms with Gasteiger partial charge in [0.1, 0.15) is 5.75 Å². The maximum absolute atomic E-state index is 10.1. The van der Waals surface area contributed by atoms with Gasteiger partial charge in [0.25, 0.3) is 0 Å². The summed E-state index contributed by atoms with van der Waals surface area (Å²) < 4.78 is 5.25. The zero-order chi connectivity index (χ0) is 10.7. The molecule has 0 aromatic heterocycles. The number of rotatable bonds is 2. The number of hydrogen-bond acceptors (Lipinski definition) is 3. The van der Waals surface area contributed by atoms with E-state index in [1.165, 1.54) is 0 Å². The highest BCUT2D eigenvalue weighted by Crippen LogP contribution is 2.30. The van der Waals surface area contributed by atoms with E-state index in [4.69, 9.17) is 9.84 Å². The van der Waals surface area contributed by atoms with Crippen molar-refractivity contribution < 1.29 is 14.9 Å². The highest BCUT2D eigenvalue weighted by Gasteiger charge is 2.23. The summed E-state index contributed by atoms with van der Waals surface area (Å²) in [6.45, 7) is 1.47. The molecule has 1 unspecified atom stereocenters. The van der Waals surface area contributed by atoms with Crippen molar-refractivity contribution in [1.82, 2.24) is 0 Å². The van der Waals surface area contributed by atoms with Crippen LogP contribution in [0.4, 0.5) is 0 Å². The first-order chi connectivity index (χ1) is 7.27. The molecule has 0 amide bonds. The predicted octanol–water partition coefficient (Wildman–Crippen LogP) is 1.85. The molecule has 3 heteroatoms. The van der Waals surface area contributed by atoms with Crippen molar-refractivity contribution in [3.63, 3.8) is 0 Å². The molecule has 0 aliphatic carbocycles. The van der Waals surface area contributed by atoms with E-state index in [0.717, 1.165) is 31.6 Å². The molecule has 1 aromatic rings. The summed E-state index contributed by atoms with van der Waals surface area (Å²) >= 11 is 0. The van der Waals surface area contributed by atoms with Gasteiger partial charge >= 0.3 is 0 Å². The Kier molecular flexibility index (Phi) is 3.23. The fourth-order valence-electron chi connectivity index (χ4n) is 1.98. The SMILES string of the molecule is Oc1ccc(C(O)C2CCOCC2)cc1. The Morgan fingerprint density at radius 3 is 2.33 bits per heavy atom. The summed E-state index contributed by atoms with van der Waals surface area (Å²) in [6, 6.07) is 6.76. The molecule has 0 saturated carbocycles. The van der Waals surface area contributed by atoms with Gasteiger partial charge in [0, 0.05) is 13.2 Å². The Hall–Kier alpha value is -1.06. The number of benzene rings is 1. The summed E-state index contributed by atoms with van der Waals surface area (Å²) in [6.07, 6.45) is 1.37. The lowest BCUT2D eigenvalue weighted by Gasteiger charge is -2.26. The van der Waals surface area contributed by atoms with Crippen LogP contribution in [0.25, 0.3) is 0 Å². The highest BCUT2D eigenvalue weighted by molar-refractivity contribution is 5.27. The maximum atomic E-state index is 10.1. The lowest BCUT2D eigenvalue weighted by molar-refractivity contribution is 0.00717. The van der Waals surface area contributed by atoms with E-state index in [-0.39, 0.29) is 11.7 Å². The molecule has 1 aliphatic heterocycles. The maximum Gasteiger partial charge on any atom is 0.115 e. The van der Waals surface area contributed by atoms with Crippen LogP contribution in [0.2, 0.25) is 0 Å². The fourth-order valence-corrected chi connectivity index (χ4v) is 1.98. The number of phenols is 1. The molecular formula is C12H16O3. The van der Waals surface area contributed by atoms with Gasteiger partial charge in [-0.1, -0.05) is 12.1 Å². The summed E-state index contributed by atoms with van der Waals surface area (Å²) in [5.41, 5.74) is 0.875. The monoisotopic (exact) mass is 208 g/mol. The van der Waals surface area contributed by atoms with Crippen molar-refractivity contribution in [2.75, 3.05) is 13.2 Å². The van der Waals surface area contributed by atoms with E-state index in [9.17, 15) is 5.11 Å². The van der Waals surface area contributed by atoms with Crippen molar-refractivity contribution in [2.45, 2.75) is 18.9 Å². The molecule has 0 radical (unpaired) electrons. The first-order valence-electron chi connectivity index (χ1n) is 5.32. The van der Waals surface area contributed by atoms with Crippen molar-refractivity contribution in [1.29, 1.82) is 0 Å². The van der Waals surface area contributed by atoms with E-state index < -0.39 is 6.10 Å². The van der Waals surface area contributed by atoms with E-state index in [1.807, 2.05) is 0 Å². The molecule has 1 saturated heterocycles. The molecule has 3 nitrogen and oxygen atoms in total. The lowest BCUT2D eigenvalue weighted by atomic mass is 9.89. The molecule has 0 spiro atoms. The third-order valence-electron chi connectivity index (χ3n) is 2.95. The van der Waals surface area contributed by atoms with Crippen LogP contribution >= 0.6 is 0 Å². The molecule has 1 fully saturated rings. The summed E-state index contributed by atoms with van der Waals surface area (Å²) in [7, 11) is 0. The molecule has 82 valence electrons. The quantitative estimate of drug-likeness (QED) is 0.779. The minimum absolute atomic E-state index is 0.234. The summed E-state index contributed by atoms with van der Waals surface area (Å²) in [5, 5.41) is 19.2. The second-order valence-electron chi connectivity index (χ2n) is 3.99. The Morgan fingerprint density at radius 2 is 1.73 bits per heavy atom. The number of phenolic OH excluding ortho intramolecular Hbond substituents is 1. The van der Waals surface area contributed by atoms with Crippen LogP contribution < -0.4 is 0 Å². The van der Waals surface area contributed by atoms with Gasteiger partial charge in [0.15, 0.2) is 0 Å². The predicted molar refractivity (Wildman–Crippen MR) is 56.6 cm³/mol. The summed E-state index contributed by atoms with van der Waals surface area (Å²) in [5.74, 6) is 0.515. The van der Waals surface area contributed by atoms with Crippen LogP contribution in [0.5, 0.6) is 5.75 Å². The average molecular weight is 208 g/mol. The number of aliphatic hydroxyl groups is 1. The standard InChI is InChI=1S/C12H16O3/c13-11-3-1-9(2-4-11)12(14)10-5-7-15-8-6-10/h1-4,10,12-14H,5-8H2. The van der Waals surface area contributed by atoms with Gasteiger partial charge in [-0.2, -0.15) is 0 Å². The largest absolute Gasteiger partial charge is 0.508 e. The Balaban J connectivity index is 2.05. The van der Waals surface area contributed by atoms with Gasteiger partial charge in [0.05, 0.1) is 6.10 Å². The number of ether oxygens (including phenoxy) is 1. The normalized spacial score (nSPS) is 20.1. The second kappa shape index (κ2) is 4.64. The van der Waals surface area contributed by atoms with Gasteiger partial charge in [-0.3, -0.25) is 0 Å². The average Bonchev–Trinajstić information content (AvgIpc) is 2.30. The van der Waals surface area contributed by atoms with E-state index in [2.05, 4.69) is 0 Å². The number of hydrogen-bond donors (Lipinski definition) is 2. The zero-order valence-corrected chi connectivity index (χ0v) is 8.60. The third kappa shape index (κ3) is 2.49. The summed E-state index contributed by atoms with van der Waals surface area (Å²) in [4.78, 5) is 0. The van der Waals surface area contributed by atoms with Gasteiger partial charge < -0.3 is 14.9 Å². The third-order valence-corrected chi connectivity index (χ3v) is 2.95. The Morgan fingerprint density at radius 1 is 1.13 bits per heavy atom. The van der Waals surface area contributed by atoms with Gasteiger partial charge in [-0.15, -0.1) is 0 Å². The molecule has 1 heterocycles. The second-order valence-corrected chi connectivity index (χ2v) is 3.99. The van der Waals surface area contributed by atoms with E-state index in [0.29, 0.717) is 0 Å². The van der Waals surface area contributed by atoms with Gasteiger partial charge in [0.2, 0.25) is 0 Å². The molecule has 1 atom stereocenters. The molecule has 2 N–H and O–H groups in total. The molecule has 1 aliphatic rings. The Bertz CT molecular complexity index is 301. The molecular weight excluding hydrogens is 192 g/mol. The van der Waals surface area contributed by atoms with Gasteiger partial charge in [-0.25, -0.2) is 0 Å². The minimum atomic E-state index is -0.436. The van der Waals surface area contributed by atoms with Crippen LogP contribution in [-0.4, -0.2) is 23.4 Å². The van der Waals surface area contributed by atoms with Crippen LogP contribution in [0.1, 0.15) is 24.5 Å². The van der Waals surface area contributed by atoms with Crippen LogP contribution in [0.15, 0.2) is 24.3 Å². The fraction of sp³-hybridized carbons (Fsp3) is 0.500. The molecule has 0 bridgehead atoms. The number of aromatic hydroxyl groups is 1. The first-order valence-corrected chi connectivity index (χ1v) is 5.32. The Labute approximate surface area is 89.3 Å².